The van der Waals surface area contributed by atoms with Gasteiger partial charge in [-0.05, 0) is 12.1 Å². The molecule has 0 spiro atoms. The van der Waals surface area contributed by atoms with Crippen LogP contribution in [0.2, 0.25) is 0 Å². The van der Waals surface area contributed by atoms with Crippen LogP contribution in [0.5, 0.6) is 0 Å². The van der Waals surface area contributed by atoms with Gasteiger partial charge in [0.2, 0.25) is 0 Å². The lowest BCUT2D eigenvalue weighted by atomic mass is 9.94. The Morgan fingerprint density at radius 1 is 1.39 bits per heavy atom. The topological polar surface area (TPSA) is 86.8 Å². The summed E-state index contributed by atoms with van der Waals surface area (Å²) in [5, 5.41) is 30.1. The molecule has 0 unspecified atom stereocenters. The van der Waals surface area contributed by atoms with E-state index in [-0.39, 0.29) is 0 Å². The highest BCUT2D eigenvalue weighted by Crippen LogP contribution is 2.23. The van der Waals surface area contributed by atoms with E-state index in [1.54, 1.807) is 24.4 Å². The average Bonchev–Trinajstić information content (AvgIpc) is 2.85. The highest BCUT2D eigenvalue weighted by Gasteiger charge is 2.39. The molecule has 3 rings (SSSR count). The Morgan fingerprint density at radius 2 is 2.17 bits per heavy atom. The number of rotatable bonds is 2. The molecule has 90 valence electrons. The van der Waals surface area contributed by atoms with Gasteiger partial charge in [-0.3, -0.25) is 0 Å². The van der Waals surface area contributed by atoms with Gasteiger partial charge in [0.05, 0.1) is 17.4 Å². The summed E-state index contributed by atoms with van der Waals surface area (Å²) in [5.74, 6) is 0. The fourth-order valence-electron chi connectivity index (χ4n) is 1.91. The van der Waals surface area contributed by atoms with E-state index in [2.05, 4.69) is 21.7 Å². The highest BCUT2D eigenvalue weighted by molar-refractivity contribution is 5.48. The van der Waals surface area contributed by atoms with Crippen LogP contribution in [-0.4, -0.2) is 33.2 Å². The Labute approximate surface area is 103 Å². The number of benzene rings is 1. The summed E-state index contributed by atoms with van der Waals surface area (Å²) in [7, 11) is 0. The number of β-amino-alcohol motifs (C(OH)–C–C–N with tert-alkyl or cyclic N) is 1. The summed E-state index contributed by atoms with van der Waals surface area (Å²) in [4.78, 5) is 0. The van der Waals surface area contributed by atoms with E-state index in [1.165, 1.54) is 4.68 Å². The van der Waals surface area contributed by atoms with Crippen LogP contribution < -0.4 is 5.32 Å². The molecule has 1 aromatic heterocycles. The quantitative estimate of drug-likeness (QED) is 0.768. The first kappa shape index (κ1) is 10.9. The Kier molecular flexibility index (Phi) is 2.37. The molecule has 1 aliphatic heterocycles. The van der Waals surface area contributed by atoms with Gasteiger partial charge in [0.25, 0.3) is 0 Å². The molecule has 1 saturated heterocycles. The fourth-order valence-corrected chi connectivity index (χ4v) is 1.91. The van der Waals surface area contributed by atoms with Gasteiger partial charge in [-0.2, -0.15) is 5.26 Å². The van der Waals surface area contributed by atoms with Crippen molar-refractivity contribution in [2.24, 2.45) is 0 Å². The lowest BCUT2D eigenvalue weighted by Crippen LogP contribution is -2.57. The van der Waals surface area contributed by atoms with Crippen molar-refractivity contribution in [1.82, 2.24) is 20.3 Å². The monoisotopic (exact) mass is 241 g/mol. The summed E-state index contributed by atoms with van der Waals surface area (Å²) in [6.07, 6.45) is 1.66. The minimum atomic E-state index is -0.931. The van der Waals surface area contributed by atoms with Crippen molar-refractivity contribution in [1.29, 1.82) is 5.26 Å². The Hall–Kier alpha value is -2.23. The molecule has 6 heteroatoms. The maximum absolute atomic E-state index is 10.1. The first-order chi connectivity index (χ1) is 8.73. The van der Waals surface area contributed by atoms with E-state index in [0.717, 1.165) is 0 Å². The van der Waals surface area contributed by atoms with Crippen LogP contribution in [-0.2, 0) is 5.60 Å². The number of hydrogen-bond donors (Lipinski definition) is 2. The summed E-state index contributed by atoms with van der Waals surface area (Å²) in [6.45, 7) is 0.956. The first-order valence-electron chi connectivity index (χ1n) is 5.58. The lowest BCUT2D eigenvalue weighted by molar-refractivity contribution is -0.0186. The molecule has 0 atom stereocenters. The van der Waals surface area contributed by atoms with Gasteiger partial charge in [0.15, 0.2) is 0 Å². The van der Waals surface area contributed by atoms with Crippen LogP contribution in [0, 0.1) is 11.3 Å². The maximum Gasteiger partial charge on any atom is 0.135 e. The molecule has 1 fully saturated rings. The van der Waals surface area contributed by atoms with Crippen molar-refractivity contribution in [2.45, 2.75) is 5.60 Å². The Balaban J connectivity index is 2.01. The standard InChI is InChI=1S/C12H11N5O/c13-5-9-3-1-2-4-10(9)17-6-11(15-16-17)12(18)7-14-8-12/h1-4,6,14,18H,7-8H2. The number of aliphatic hydroxyl groups is 1. The SMILES string of the molecule is N#Cc1ccccc1-n1cc(C2(O)CNC2)nn1. The molecule has 6 nitrogen and oxygen atoms in total. The van der Waals surface area contributed by atoms with Gasteiger partial charge in [0, 0.05) is 13.1 Å². The summed E-state index contributed by atoms with van der Waals surface area (Å²) in [5.41, 5.74) is 0.774. The van der Waals surface area contributed by atoms with Crippen molar-refractivity contribution < 1.29 is 5.11 Å². The van der Waals surface area contributed by atoms with E-state index < -0.39 is 5.60 Å². The van der Waals surface area contributed by atoms with Gasteiger partial charge in [0.1, 0.15) is 17.4 Å². The van der Waals surface area contributed by atoms with Crippen LogP contribution in [0.25, 0.3) is 5.69 Å². The zero-order chi connectivity index (χ0) is 12.6. The molecule has 0 bridgehead atoms. The Morgan fingerprint density at radius 3 is 2.83 bits per heavy atom. The largest absolute Gasteiger partial charge is 0.381 e. The number of aromatic nitrogens is 3. The molecule has 0 amide bonds. The van der Waals surface area contributed by atoms with Gasteiger partial charge in [-0.1, -0.05) is 17.3 Å². The molecular formula is C12H11N5O. The zero-order valence-corrected chi connectivity index (χ0v) is 9.54. The maximum atomic E-state index is 10.1. The number of nitriles is 1. The number of hydrogen-bond acceptors (Lipinski definition) is 5. The fraction of sp³-hybridized carbons (Fsp3) is 0.250. The van der Waals surface area contributed by atoms with E-state index >= 15 is 0 Å². The average molecular weight is 241 g/mol. The first-order valence-corrected chi connectivity index (χ1v) is 5.58. The molecule has 0 aliphatic carbocycles. The number of nitrogens with zero attached hydrogens (tertiary/aromatic N) is 4. The predicted molar refractivity (Wildman–Crippen MR) is 62.8 cm³/mol. The van der Waals surface area contributed by atoms with E-state index in [1.807, 2.05) is 6.07 Å². The van der Waals surface area contributed by atoms with Gasteiger partial charge in [-0.15, -0.1) is 5.10 Å². The van der Waals surface area contributed by atoms with Crippen molar-refractivity contribution in [2.75, 3.05) is 13.1 Å². The minimum Gasteiger partial charge on any atom is -0.381 e. The van der Waals surface area contributed by atoms with Crippen LogP contribution in [0.1, 0.15) is 11.3 Å². The van der Waals surface area contributed by atoms with Crippen LogP contribution in [0.15, 0.2) is 30.5 Å². The lowest BCUT2D eigenvalue weighted by Gasteiger charge is -2.35. The smallest absolute Gasteiger partial charge is 0.135 e. The second-order valence-corrected chi connectivity index (χ2v) is 4.31. The van der Waals surface area contributed by atoms with Crippen molar-refractivity contribution in [3.63, 3.8) is 0 Å². The Bertz CT molecular complexity index is 623. The number of nitrogens with one attached hydrogen (secondary N) is 1. The molecule has 0 saturated carbocycles. The van der Waals surface area contributed by atoms with Crippen molar-refractivity contribution >= 4 is 0 Å². The van der Waals surface area contributed by atoms with Crippen LogP contribution >= 0.6 is 0 Å². The minimum absolute atomic E-state index is 0.478. The number of para-hydroxylation sites is 1. The normalized spacial score (nSPS) is 16.9. The molecule has 2 aromatic rings. The molecule has 0 radical (unpaired) electrons. The summed E-state index contributed by atoms with van der Waals surface area (Å²) >= 11 is 0. The summed E-state index contributed by atoms with van der Waals surface area (Å²) in [6, 6.07) is 9.24. The van der Waals surface area contributed by atoms with Crippen molar-refractivity contribution in [3.8, 4) is 11.8 Å². The molecule has 2 heterocycles. The van der Waals surface area contributed by atoms with Crippen LogP contribution in [0.4, 0.5) is 0 Å². The second-order valence-electron chi connectivity index (χ2n) is 4.31. The molecule has 1 aromatic carbocycles. The molecule has 1 aliphatic rings. The van der Waals surface area contributed by atoms with Gasteiger partial charge in [-0.25, -0.2) is 4.68 Å². The second kappa shape index (κ2) is 3.91. The van der Waals surface area contributed by atoms with E-state index in [9.17, 15) is 5.11 Å². The highest BCUT2D eigenvalue weighted by atomic mass is 16.3. The van der Waals surface area contributed by atoms with Crippen molar-refractivity contribution in [3.05, 3.63) is 41.7 Å². The third kappa shape index (κ3) is 1.57. The molecule has 18 heavy (non-hydrogen) atoms. The van der Waals surface area contributed by atoms with Gasteiger partial charge < -0.3 is 10.4 Å². The predicted octanol–water partition coefficient (Wildman–Crippen LogP) is -0.0702. The third-order valence-electron chi connectivity index (χ3n) is 3.08. The summed E-state index contributed by atoms with van der Waals surface area (Å²) < 4.78 is 1.52. The van der Waals surface area contributed by atoms with E-state index in [4.69, 9.17) is 5.26 Å². The van der Waals surface area contributed by atoms with Gasteiger partial charge >= 0.3 is 0 Å². The zero-order valence-electron chi connectivity index (χ0n) is 9.54. The van der Waals surface area contributed by atoms with Crippen LogP contribution in [0.3, 0.4) is 0 Å². The third-order valence-corrected chi connectivity index (χ3v) is 3.08. The molecule has 2 N–H and O–H groups in total. The van der Waals surface area contributed by atoms with E-state index in [0.29, 0.717) is 30.0 Å². The molecular weight excluding hydrogens is 230 g/mol.